The van der Waals surface area contributed by atoms with E-state index in [-0.39, 0.29) is 23.4 Å². The van der Waals surface area contributed by atoms with E-state index in [1.54, 1.807) is 0 Å². The zero-order valence-corrected chi connectivity index (χ0v) is 20.4. The summed E-state index contributed by atoms with van der Waals surface area (Å²) in [5, 5.41) is 3.01. The minimum atomic E-state index is -0.0691. The number of carbonyl (C=O) groups is 1. The molecule has 3 aliphatic heterocycles. The number of carbonyl (C=O) groups excluding carboxylic acids is 1. The summed E-state index contributed by atoms with van der Waals surface area (Å²) in [5.74, 6) is 0.443. The number of anilines is 1. The molecule has 2 atom stereocenters. The number of aromatic nitrogens is 1. The number of pyridine rings is 1. The Hall–Kier alpha value is -3.42. The van der Waals surface area contributed by atoms with E-state index in [1.807, 2.05) is 51.9 Å². The minimum absolute atomic E-state index is 0.0691. The molecule has 0 unspecified atom stereocenters. The van der Waals surface area contributed by atoms with Crippen LogP contribution in [0, 0.1) is 5.92 Å². The molecule has 186 valence electrons. The van der Waals surface area contributed by atoms with Crippen LogP contribution in [0.3, 0.4) is 0 Å². The number of hydrogen-bond donors (Lipinski definition) is 1. The number of ether oxygens (including phenoxy) is 1. The molecule has 0 spiro atoms. The highest BCUT2D eigenvalue weighted by Crippen LogP contribution is 2.36. The van der Waals surface area contributed by atoms with Crippen molar-refractivity contribution in [1.29, 1.82) is 0 Å². The molecule has 7 nitrogen and oxygen atoms in total. The predicted molar refractivity (Wildman–Crippen MR) is 140 cm³/mol. The van der Waals surface area contributed by atoms with Crippen LogP contribution in [-0.2, 0) is 17.8 Å². The van der Waals surface area contributed by atoms with Gasteiger partial charge in [-0.15, -0.1) is 0 Å². The van der Waals surface area contributed by atoms with Crippen molar-refractivity contribution < 1.29 is 9.53 Å². The lowest BCUT2D eigenvalue weighted by Crippen LogP contribution is -2.50. The van der Waals surface area contributed by atoms with Gasteiger partial charge in [0, 0.05) is 62.1 Å². The molecule has 2 amide bonds. The first kappa shape index (κ1) is 23.0. The van der Waals surface area contributed by atoms with Crippen LogP contribution in [0.25, 0.3) is 11.1 Å². The third kappa shape index (κ3) is 4.56. The van der Waals surface area contributed by atoms with Crippen molar-refractivity contribution in [2.45, 2.75) is 25.4 Å². The van der Waals surface area contributed by atoms with Gasteiger partial charge in [0.2, 0.25) is 0 Å². The number of fused-ring (bicyclic) bond motifs is 4. The number of benzene rings is 2. The first-order valence-corrected chi connectivity index (χ1v) is 12.9. The minimum Gasteiger partial charge on any atom is -0.379 e. The molecule has 0 saturated carbocycles. The van der Waals surface area contributed by atoms with Gasteiger partial charge in [0.25, 0.3) is 5.56 Å². The molecule has 2 fully saturated rings. The summed E-state index contributed by atoms with van der Waals surface area (Å²) in [6.45, 7) is 6.10. The second-order valence-electron chi connectivity index (χ2n) is 10.1. The molecule has 2 saturated heterocycles. The largest absolute Gasteiger partial charge is 0.379 e. The number of urea groups is 1. The number of para-hydroxylation sites is 1. The average Bonchev–Trinajstić information content (AvgIpc) is 2.91. The summed E-state index contributed by atoms with van der Waals surface area (Å²) in [6, 6.07) is 21.9. The van der Waals surface area contributed by atoms with Crippen molar-refractivity contribution in [3.63, 3.8) is 0 Å². The van der Waals surface area contributed by atoms with Gasteiger partial charge in [0.15, 0.2) is 0 Å². The number of amides is 2. The second kappa shape index (κ2) is 9.91. The van der Waals surface area contributed by atoms with Gasteiger partial charge >= 0.3 is 6.03 Å². The predicted octanol–water partition coefficient (Wildman–Crippen LogP) is 4.00. The maximum atomic E-state index is 13.8. The molecule has 36 heavy (non-hydrogen) atoms. The molecular weight excluding hydrogens is 452 g/mol. The molecular formula is C29H32N4O3. The normalized spacial score (nSPS) is 21.6. The van der Waals surface area contributed by atoms with E-state index in [0.717, 1.165) is 61.8 Å². The Bertz CT molecular complexity index is 1300. The lowest BCUT2D eigenvalue weighted by Gasteiger charge is -2.42. The highest BCUT2D eigenvalue weighted by Gasteiger charge is 2.37. The van der Waals surface area contributed by atoms with Crippen molar-refractivity contribution in [3.8, 4) is 11.1 Å². The van der Waals surface area contributed by atoms with Gasteiger partial charge in [-0.2, -0.15) is 0 Å². The van der Waals surface area contributed by atoms with E-state index in [4.69, 9.17) is 4.74 Å². The van der Waals surface area contributed by atoms with E-state index in [0.29, 0.717) is 19.6 Å². The number of rotatable bonds is 4. The quantitative estimate of drug-likeness (QED) is 0.608. The molecule has 2 aromatic carbocycles. The second-order valence-corrected chi connectivity index (χ2v) is 10.1. The maximum absolute atomic E-state index is 13.8. The topological polar surface area (TPSA) is 66.8 Å². The average molecular weight is 485 g/mol. The molecule has 3 aliphatic rings. The Kier molecular flexibility index (Phi) is 6.34. The van der Waals surface area contributed by atoms with E-state index < -0.39 is 0 Å². The summed E-state index contributed by atoms with van der Waals surface area (Å²) >= 11 is 0. The Morgan fingerprint density at radius 3 is 2.50 bits per heavy atom. The van der Waals surface area contributed by atoms with Crippen molar-refractivity contribution >= 4 is 11.7 Å². The zero-order valence-electron chi connectivity index (χ0n) is 20.4. The summed E-state index contributed by atoms with van der Waals surface area (Å²) in [4.78, 5) is 31.0. The van der Waals surface area contributed by atoms with E-state index >= 15 is 0 Å². The number of hydrogen-bond acceptors (Lipinski definition) is 4. The third-order valence-corrected chi connectivity index (χ3v) is 7.72. The van der Waals surface area contributed by atoms with Gasteiger partial charge in [-0.1, -0.05) is 42.5 Å². The van der Waals surface area contributed by atoms with Crippen LogP contribution in [0.1, 0.15) is 23.6 Å². The SMILES string of the molecule is O=C(Nc1ccccc1)N1C[C@@H]2C[C@H](C1)c1ccc(-c3ccccc3CN3CCOCC3)c(=O)n1C2. The molecule has 7 heteroatoms. The molecule has 4 heterocycles. The van der Waals surface area contributed by atoms with Gasteiger partial charge in [-0.05, 0) is 47.7 Å². The van der Waals surface area contributed by atoms with Gasteiger partial charge in [-0.3, -0.25) is 9.69 Å². The van der Waals surface area contributed by atoms with Crippen LogP contribution in [0.4, 0.5) is 10.5 Å². The number of morpholine rings is 1. The Morgan fingerprint density at radius 1 is 0.889 bits per heavy atom. The van der Waals surface area contributed by atoms with Gasteiger partial charge in [0.1, 0.15) is 0 Å². The molecule has 0 aliphatic carbocycles. The van der Waals surface area contributed by atoms with E-state index in [1.165, 1.54) is 5.56 Å². The number of likely N-dealkylation sites (tertiary alicyclic amines) is 1. The smallest absolute Gasteiger partial charge is 0.321 e. The lowest BCUT2D eigenvalue weighted by molar-refractivity contribution is 0.0342. The summed E-state index contributed by atoms with van der Waals surface area (Å²) in [7, 11) is 0. The Labute approximate surface area is 211 Å². The van der Waals surface area contributed by atoms with Gasteiger partial charge in [0.05, 0.1) is 13.2 Å². The molecule has 3 aromatic rings. The lowest BCUT2D eigenvalue weighted by atomic mass is 9.83. The van der Waals surface area contributed by atoms with Gasteiger partial charge in [-0.25, -0.2) is 4.79 Å². The van der Waals surface area contributed by atoms with E-state index in [9.17, 15) is 9.59 Å². The van der Waals surface area contributed by atoms with Crippen LogP contribution in [0.15, 0.2) is 71.5 Å². The maximum Gasteiger partial charge on any atom is 0.321 e. The summed E-state index contributed by atoms with van der Waals surface area (Å²) < 4.78 is 7.48. The molecule has 0 radical (unpaired) electrons. The Morgan fingerprint density at radius 2 is 1.67 bits per heavy atom. The summed E-state index contributed by atoms with van der Waals surface area (Å²) in [6.07, 6.45) is 1.02. The molecule has 6 rings (SSSR count). The van der Waals surface area contributed by atoms with Crippen LogP contribution in [0.5, 0.6) is 0 Å². The van der Waals surface area contributed by atoms with Crippen molar-refractivity contribution in [2.75, 3.05) is 44.7 Å². The molecule has 1 N–H and O–H groups in total. The fraction of sp³-hybridized carbons (Fsp3) is 0.379. The monoisotopic (exact) mass is 484 g/mol. The summed E-state index contributed by atoms with van der Waals surface area (Å²) in [5.41, 5.74) is 4.89. The fourth-order valence-electron chi connectivity index (χ4n) is 5.96. The first-order valence-electron chi connectivity index (χ1n) is 12.9. The van der Waals surface area contributed by atoms with Crippen LogP contribution in [-0.4, -0.2) is 59.8 Å². The van der Waals surface area contributed by atoms with Crippen LogP contribution >= 0.6 is 0 Å². The van der Waals surface area contributed by atoms with Crippen LogP contribution < -0.4 is 10.9 Å². The van der Waals surface area contributed by atoms with Crippen molar-refractivity contribution in [1.82, 2.24) is 14.4 Å². The number of nitrogens with one attached hydrogen (secondary N) is 1. The first-order chi connectivity index (χ1) is 17.7. The van der Waals surface area contributed by atoms with E-state index in [2.05, 4.69) is 34.5 Å². The van der Waals surface area contributed by atoms with Crippen LogP contribution in [0.2, 0.25) is 0 Å². The zero-order chi connectivity index (χ0) is 24.5. The highest BCUT2D eigenvalue weighted by molar-refractivity contribution is 5.89. The van der Waals surface area contributed by atoms with Gasteiger partial charge < -0.3 is 19.5 Å². The third-order valence-electron chi connectivity index (χ3n) is 7.72. The standard InChI is InChI=1S/C29H32N4O3/c34-28-26(25-9-5-4-6-22(25)19-31-12-14-36-15-13-31)10-11-27-23-16-21(18-33(27)28)17-32(20-23)29(35)30-24-7-2-1-3-8-24/h1-11,21,23H,12-20H2,(H,30,35)/t21-,23+/m0/s1. The fourth-order valence-corrected chi connectivity index (χ4v) is 5.96. The van der Waals surface area contributed by atoms with Crippen molar-refractivity contribution in [3.05, 3.63) is 88.3 Å². The molecule has 1 aromatic heterocycles. The van der Waals surface area contributed by atoms with Crippen molar-refractivity contribution in [2.24, 2.45) is 5.92 Å². The number of piperidine rings is 1. The Balaban J connectivity index is 1.25. The molecule has 2 bridgehead atoms. The number of nitrogens with zero attached hydrogens (tertiary/aromatic N) is 3. The highest BCUT2D eigenvalue weighted by atomic mass is 16.5.